The van der Waals surface area contributed by atoms with E-state index in [1.54, 1.807) is 5.57 Å². The molecule has 1 aromatic heterocycles. The number of hydrogen-bond acceptors (Lipinski definition) is 2. The second-order valence-electron chi connectivity index (χ2n) is 6.07. The Morgan fingerprint density at radius 3 is 2.75 bits per heavy atom. The molecule has 0 atom stereocenters. The fraction of sp³-hybridized carbons (Fsp3) is 0.706. The monoisotopic (exact) mass is 275 g/mol. The molecular weight excluding hydrogens is 246 g/mol. The second kappa shape index (κ2) is 7.63. The van der Waals surface area contributed by atoms with Crippen LogP contribution >= 0.6 is 0 Å². The molecule has 20 heavy (non-hydrogen) atoms. The molecule has 0 amide bonds. The van der Waals surface area contributed by atoms with Crippen molar-refractivity contribution in [2.75, 3.05) is 13.1 Å². The van der Waals surface area contributed by atoms with Gasteiger partial charge < -0.3 is 5.32 Å². The van der Waals surface area contributed by atoms with Gasteiger partial charge in [0.1, 0.15) is 0 Å². The van der Waals surface area contributed by atoms with Gasteiger partial charge in [-0.05, 0) is 38.6 Å². The van der Waals surface area contributed by atoms with Crippen molar-refractivity contribution < 1.29 is 0 Å². The topological polar surface area (TPSA) is 29.9 Å². The van der Waals surface area contributed by atoms with Crippen molar-refractivity contribution in [2.45, 2.75) is 52.4 Å². The molecule has 1 aliphatic carbocycles. The van der Waals surface area contributed by atoms with Crippen LogP contribution in [0.1, 0.15) is 56.7 Å². The number of nitrogens with one attached hydrogen (secondary N) is 1. The van der Waals surface area contributed by atoms with Crippen LogP contribution in [0.2, 0.25) is 0 Å². The van der Waals surface area contributed by atoms with Crippen LogP contribution in [-0.2, 0) is 7.05 Å². The van der Waals surface area contributed by atoms with E-state index >= 15 is 0 Å². The normalized spacial score (nSPS) is 17.6. The lowest BCUT2D eigenvalue weighted by Gasteiger charge is -2.25. The Kier molecular flexibility index (Phi) is 5.84. The third-order valence-electron chi connectivity index (χ3n) is 4.28. The van der Waals surface area contributed by atoms with Crippen LogP contribution in [-0.4, -0.2) is 22.9 Å². The van der Waals surface area contributed by atoms with Gasteiger partial charge in [0.25, 0.3) is 0 Å². The summed E-state index contributed by atoms with van der Waals surface area (Å²) in [5.41, 5.74) is 4.00. The zero-order valence-corrected chi connectivity index (χ0v) is 13.3. The van der Waals surface area contributed by atoms with Crippen molar-refractivity contribution in [1.29, 1.82) is 0 Å². The summed E-state index contributed by atoms with van der Waals surface area (Å²) in [4.78, 5) is 0. The Labute approximate surface area is 123 Å². The molecule has 1 heterocycles. The van der Waals surface area contributed by atoms with Gasteiger partial charge in [0.2, 0.25) is 0 Å². The average Bonchev–Trinajstić information content (AvgIpc) is 2.77. The van der Waals surface area contributed by atoms with E-state index in [9.17, 15) is 0 Å². The lowest BCUT2D eigenvalue weighted by Crippen LogP contribution is -2.23. The minimum Gasteiger partial charge on any atom is -0.313 e. The van der Waals surface area contributed by atoms with E-state index in [1.807, 2.05) is 11.7 Å². The Balaban J connectivity index is 2.13. The molecular formula is C17H29N3. The number of rotatable bonds is 6. The summed E-state index contributed by atoms with van der Waals surface area (Å²) in [6, 6.07) is 0. The molecule has 0 aliphatic heterocycles. The maximum Gasteiger partial charge on any atom is 0.0665 e. The van der Waals surface area contributed by atoms with Crippen LogP contribution in [0.15, 0.2) is 11.8 Å². The van der Waals surface area contributed by atoms with Crippen molar-refractivity contribution in [3.8, 4) is 0 Å². The molecule has 3 nitrogen and oxygen atoms in total. The Bertz CT molecular complexity index is 439. The second-order valence-corrected chi connectivity index (χ2v) is 6.07. The third kappa shape index (κ3) is 4.20. The average molecular weight is 275 g/mol. The van der Waals surface area contributed by atoms with Crippen LogP contribution in [0.25, 0.3) is 6.08 Å². The summed E-state index contributed by atoms with van der Waals surface area (Å²) in [6.07, 6.45) is 12.6. The molecule has 1 aromatic rings. The van der Waals surface area contributed by atoms with Crippen molar-refractivity contribution in [3.05, 3.63) is 23.0 Å². The number of aryl methyl sites for hydroxylation is 2. The van der Waals surface area contributed by atoms with Crippen LogP contribution in [0, 0.1) is 12.8 Å². The minimum absolute atomic E-state index is 0.771. The van der Waals surface area contributed by atoms with E-state index in [4.69, 9.17) is 0 Å². The molecule has 1 saturated carbocycles. The van der Waals surface area contributed by atoms with Crippen molar-refractivity contribution in [3.63, 3.8) is 0 Å². The Morgan fingerprint density at radius 1 is 1.40 bits per heavy atom. The molecule has 0 bridgehead atoms. The maximum absolute atomic E-state index is 4.46. The van der Waals surface area contributed by atoms with Gasteiger partial charge in [-0.25, -0.2) is 0 Å². The van der Waals surface area contributed by atoms with E-state index in [0.717, 1.165) is 24.7 Å². The molecule has 1 aliphatic rings. The van der Waals surface area contributed by atoms with Gasteiger partial charge in [0.15, 0.2) is 0 Å². The lowest BCUT2D eigenvalue weighted by atomic mass is 9.83. The zero-order valence-electron chi connectivity index (χ0n) is 13.3. The number of hydrogen-bond donors (Lipinski definition) is 1. The molecule has 0 saturated heterocycles. The number of aromatic nitrogens is 2. The zero-order chi connectivity index (χ0) is 14.4. The van der Waals surface area contributed by atoms with Crippen molar-refractivity contribution >= 4 is 6.08 Å². The predicted octanol–water partition coefficient (Wildman–Crippen LogP) is 3.69. The molecule has 3 heteroatoms. The molecule has 112 valence electrons. The van der Waals surface area contributed by atoms with Gasteiger partial charge in [0.05, 0.1) is 5.69 Å². The molecule has 0 spiro atoms. The van der Waals surface area contributed by atoms with Crippen LogP contribution in [0.4, 0.5) is 0 Å². The number of nitrogens with zero attached hydrogens (tertiary/aromatic N) is 2. The van der Waals surface area contributed by atoms with Crippen molar-refractivity contribution in [2.24, 2.45) is 13.0 Å². The first-order valence-electron chi connectivity index (χ1n) is 8.12. The van der Waals surface area contributed by atoms with Gasteiger partial charge in [-0.2, -0.15) is 5.10 Å². The summed E-state index contributed by atoms with van der Waals surface area (Å²) in [7, 11) is 2.00. The molecule has 2 rings (SSSR count). The van der Waals surface area contributed by atoms with E-state index in [0.29, 0.717) is 0 Å². The maximum atomic E-state index is 4.46. The SMILES string of the molecule is CCCNCC(=Cc1cn(C)nc1C)C1CCCCC1. The summed E-state index contributed by atoms with van der Waals surface area (Å²) in [5.74, 6) is 0.771. The molecule has 0 aromatic carbocycles. The highest BCUT2D eigenvalue weighted by Gasteiger charge is 2.18. The lowest BCUT2D eigenvalue weighted by molar-refractivity contribution is 0.396. The van der Waals surface area contributed by atoms with Crippen LogP contribution in [0.5, 0.6) is 0 Å². The quantitative estimate of drug-likeness (QED) is 0.802. The molecule has 0 unspecified atom stereocenters. The standard InChI is InChI=1S/C17H29N3/c1-4-10-18-12-16(15-8-6-5-7-9-15)11-17-13-20(3)19-14(17)2/h11,13,15,18H,4-10,12H2,1-3H3. The smallest absolute Gasteiger partial charge is 0.0665 e. The third-order valence-corrected chi connectivity index (χ3v) is 4.28. The summed E-state index contributed by atoms with van der Waals surface area (Å²) in [5, 5.41) is 8.04. The van der Waals surface area contributed by atoms with Crippen LogP contribution in [0.3, 0.4) is 0 Å². The Morgan fingerprint density at radius 2 is 2.15 bits per heavy atom. The van der Waals surface area contributed by atoms with Gasteiger partial charge >= 0.3 is 0 Å². The first kappa shape index (κ1) is 15.3. The summed E-state index contributed by atoms with van der Waals surface area (Å²) < 4.78 is 1.92. The van der Waals surface area contributed by atoms with Gasteiger partial charge in [-0.1, -0.05) is 37.8 Å². The molecule has 0 radical (unpaired) electrons. The Hall–Kier alpha value is -1.09. The van der Waals surface area contributed by atoms with E-state index < -0.39 is 0 Å². The molecule has 1 N–H and O–H groups in total. The van der Waals surface area contributed by atoms with Gasteiger partial charge in [-0.3, -0.25) is 4.68 Å². The highest BCUT2D eigenvalue weighted by Crippen LogP contribution is 2.30. The van der Waals surface area contributed by atoms with E-state index in [1.165, 1.54) is 44.1 Å². The first-order valence-corrected chi connectivity index (χ1v) is 8.12. The highest BCUT2D eigenvalue weighted by atomic mass is 15.2. The van der Waals surface area contributed by atoms with E-state index in [-0.39, 0.29) is 0 Å². The van der Waals surface area contributed by atoms with Crippen LogP contribution < -0.4 is 5.32 Å². The van der Waals surface area contributed by atoms with E-state index in [2.05, 4.69) is 36.5 Å². The van der Waals surface area contributed by atoms with Gasteiger partial charge in [-0.15, -0.1) is 0 Å². The highest BCUT2D eigenvalue weighted by molar-refractivity contribution is 5.55. The van der Waals surface area contributed by atoms with Gasteiger partial charge in [0, 0.05) is 25.4 Å². The summed E-state index contributed by atoms with van der Waals surface area (Å²) >= 11 is 0. The largest absolute Gasteiger partial charge is 0.313 e. The minimum atomic E-state index is 0.771. The first-order chi connectivity index (χ1) is 9.70. The van der Waals surface area contributed by atoms with Crippen molar-refractivity contribution in [1.82, 2.24) is 15.1 Å². The fourth-order valence-corrected chi connectivity index (χ4v) is 3.16. The predicted molar refractivity (Wildman–Crippen MR) is 85.7 cm³/mol. The fourth-order valence-electron chi connectivity index (χ4n) is 3.16. The summed E-state index contributed by atoms with van der Waals surface area (Å²) in [6.45, 7) is 6.47. The molecule has 1 fully saturated rings.